The van der Waals surface area contributed by atoms with Crippen molar-refractivity contribution in [3.63, 3.8) is 0 Å². The van der Waals surface area contributed by atoms with E-state index in [9.17, 15) is 4.21 Å². The van der Waals surface area contributed by atoms with Crippen LogP contribution < -0.4 is 10.5 Å². The van der Waals surface area contributed by atoms with Gasteiger partial charge in [0.25, 0.3) is 0 Å². The lowest BCUT2D eigenvalue weighted by Gasteiger charge is -2.07. The molecule has 0 bridgehead atoms. The summed E-state index contributed by atoms with van der Waals surface area (Å²) >= 11 is 3.36. The van der Waals surface area contributed by atoms with Gasteiger partial charge in [0.05, 0.1) is 16.6 Å². The van der Waals surface area contributed by atoms with Crippen LogP contribution in [0.15, 0.2) is 57.9 Å². The van der Waals surface area contributed by atoms with Gasteiger partial charge in [0.2, 0.25) is 0 Å². The van der Waals surface area contributed by atoms with Crippen molar-refractivity contribution >= 4 is 26.7 Å². The van der Waals surface area contributed by atoms with Gasteiger partial charge in [-0.1, -0.05) is 28.1 Å². The Morgan fingerprint density at radius 3 is 2.30 bits per heavy atom. The topological polar surface area (TPSA) is 52.3 Å². The Kier molecular flexibility index (Phi) is 5.76. The van der Waals surface area contributed by atoms with Gasteiger partial charge in [-0.2, -0.15) is 0 Å². The second-order valence-electron chi connectivity index (χ2n) is 4.20. The smallest absolute Gasteiger partial charge is 0.119 e. The molecule has 0 heterocycles. The van der Waals surface area contributed by atoms with Gasteiger partial charge >= 0.3 is 0 Å². The molecule has 2 aromatic rings. The molecule has 2 N–H and O–H groups in total. The average Bonchev–Trinajstić information content (AvgIpc) is 2.48. The van der Waals surface area contributed by atoms with E-state index < -0.39 is 10.8 Å². The number of benzene rings is 2. The van der Waals surface area contributed by atoms with Crippen LogP contribution in [0, 0.1) is 0 Å². The van der Waals surface area contributed by atoms with E-state index in [1.165, 1.54) is 0 Å². The van der Waals surface area contributed by atoms with Crippen molar-refractivity contribution in [1.82, 2.24) is 0 Å². The first kappa shape index (κ1) is 15.2. The van der Waals surface area contributed by atoms with Crippen LogP contribution in [0.4, 0.5) is 0 Å². The summed E-state index contributed by atoms with van der Waals surface area (Å²) in [6.45, 7) is 0.943. The van der Waals surface area contributed by atoms with Crippen LogP contribution in [0.2, 0.25) is 0 Å². The summed E-state index contributed by atoms with van der Waals surface area (Å²) in [6.07, 6.45) is 0. The number of hydrogen-bond donors (Lipinski definition) is 1. The van der Waals surface area contributed by atoms with Crippen molar-refractivity contribution < 1.29 is 8.95 Å². The molecule has 0 fully saturated rings. The summed E-state index contributed by atoms with van der Waals surface area (Å²) in [5.41, 5.74) is 6.60. The van der Waals surface area contributed by atoms with E-state index in [1.54, 1.807) is 0 Å². The molecule has 0 amide bonds. The molecular weight excluding hydrogens is 338 g/mol. The van der Waals surface area contributed by atoms with Crippen LogP contribution >= 0.6 is 15.9 Å². The van der Waals surface area contributed by atoms with Gasteiger partial charge in [0.15, 0.2) is 0 Å². The zero-order valence-electron chi connectivity index (χ0n) is 10.9. The van der Waals surface area contributed by atoms with Crippen molar-refractivity contribution in [1.29, 1.82) is 0 Å². The van der Waals surface area contributed by atoms with Crippen LogP contribution in [0.5, 0.6) is 5.75 Å². The number of rotatable bonds is 6. The SMILES string of the molecule is NCc1ccc(OCCS(=O)c2ccc(Br)cc2)cc1. The van der Waals surface area contributed by atoms with Crippen molar-refractivity contribution in [2.24, 2.45) is 5.73 Å². The first-order chi connectivity index (χ1) is 9.69. The number of nitrogens with two attached hydrogens (primary N) is 1. The first-order valence-corrected chi connectivity index (χ1v) is 8.36. The van der Waals surface area contributed by atoms with Gasteiger partial charge in [-0.15, -0.1) is 0 Å². The van der Waals surface area contributed by atoms with Crippen LogP contribution in [0.25, 0.3) is 0 Å². The Labute approximate surface area is 129 Å². The molecule has 0 radical (unpaired) electrons. The fourth-order valence-corrected chi connectivity index (χ4v) is 2.84. The Hall–Kier alpha value is -1.17. The molecule has 0 spiro atoms. The molecule has 0 aromatic heterocycles. The van der Waals surface area contributed by atoms with E-state index in [0.29, 0.717) is 18.9 Å². The minimum atomic E-state index is -1.04. The number of hydrogen-bond acceptors (Lipinski definition) is 3. The van der Waals surface area contributed by atoms with Crippen LogP contribution in [0.1, 0.15) is 5.56 Å². The second kappa shape index (κ2) is 7.57. The van der Waals surface area contributed by atoms with Gasteiger partial charge < -0.3 is 10.5 Å². The predicted octanol–water partition coefficient (Wildman–Crippen LogP) is 3.09. The maximum Gasteiger partial charge on any atom is 0.119 e. The van der Waals surface area contributed by atoms with E-state index in [2.05, 4.69) is 15.9 Å². The molecule has 0 aliphatic carbocycles. The van der Waals surface area contributed by atoms with Gasteiger partial charge in [0.1, 0.15) is 12.4 Å². The summed E-state index contributed by atoms with van der Waals surface area (Å²) in [4.78, 5) is 0.815. The second-order valence-corrected chi connectivity index (χ2v) is 6.69. The lowest BCUT2D eigenvalue weighted by molar-refractivity contribution is 0.342. The zero-order valence-corrected chi connectivity index (χ0v) is 13.3. The van der Waals surface area contributed by atoms with Crippen molar-refractivity contribution in [3.8, 4) is 5.75 Å². The molecule has 0 saturated heterocycles. The van der Waals surface area contributed by atoms with Gasteiger partial charge in [-0.3, -0.25) is 4.21 Å². The minimum absolute atomic E-state index is 0.421. The maximum atomic E-state index is 12.0. The Morgan fingerprint density at radius 2 is 1.70 bits per heavy atom. The third-order valence-electron chi connectivity index (χ3n) is 2.77. The zero-order chi connectivity index (χ0) is 14.4. The lowest BCUT2D eigenvalue weighted by atomic mass is 10.2. The highest BCUT2D eigenvalue weighted by Crippen LogP contribution is 2.15. The van der Waals surface area contributed by atoms with Gasteiger partial charge in [-0.25, -0.2) is 0 Å². The predicted molar refractivity (Wildman–Crippen MR) is 85.2 cm³/mol. The summed E-state index contributed by atoms with van der Waals surface area (Å²) in [7, 11) is -1.04. The van der Waals surface area contributed by atoms with Crippen LogP contribution in [-0.4, -0.2) is 16.6 Å². The number of halogens is 1. The number of ether oxygens (including phenoxy) is 1. The molecular formula is C15H16BrNO2S. The van der Waals surface area contributed by atoms with Crippen molar-refractivity contribution in [2.45, 2.75) is 11.4 Å². The lowest BCUT2D eigenvalue weighted by Crippen LogP contribution is -2.08. The normalized spacial score (nSPS) is 12.1. The molecule has 1 unspecified atom stereocenters. The van der Waals surface area contributed by atoms with Crippen LogP contribution in [0.3, 0.4) is 0 Å². The molecule has 0 aliphatic heterocycles. The Balaban J connectivity index is 1.82. The highest BCUT2D eigenvalue weighted by molar-refractivity contribution is 9.10. The third kappa shape index (κ3) is 4.44. The summed E-state index contributed by atoms with van der Waals surface area (Å²) in [5, 5.41) is 0. The first-order valence-electron chi connectivity index (χ1n) is 6.25. The maximum absolute atomic E-state index is 12.0. The highest BCUT2D eigenvalue weighted by Gasteiger charge is 2.04. The van der Waals surface area contributed by atoms with E-state index >= 15 is 0 Å². The molecule has 2 rings (SSSR count). The highest BCUT2D eigenvalue weighted by atomic mass is 79.9. The van der Waals surface area contributed by atoms with Crippen LogP contribution in [-0.2, 0) is 17.3 Å². The van der Waals surface area contributed by atoms with Gasteiger partial charge in [0, 0.05) is 15.9 Å². The molecule has 5 heteroatoms. The summed E-state index contributed by atoms with van der Waals surface area (Å²) in [6, 6.07) is 15.1. The van der Waals surface area contributed by atoms with Gasteiger partial charge in [-0.05, 0) is 42.0 Å². The van der Waals surface area contributed by atoms with Crippen molar-refractivity contribution in [2.75, 3.05) is 12.4 Å². The monoisotopic (exact) mass is 353 g/mol. The largest absolute Gasteiger partial charge is 0.493 e. The molecule has 0 saturated carbocycles. The van der Waals surface area contributed by atoms with Crippen molar-refractivity contribution in [3.05, 3.63) is 58.6 Å². The summed E-state index contributed by atoms with van der Waals surface area (Å²) in [5.74, 6) is 1.25. The fraction of sp³-hybridized carbons (Fsp3) is 0.200. The quantitative estimate of drug-likeness (QED) is 0.867. The Morgan fingerprint density at radius 1 is 1.05 bits per heavy atom. The van der Waals surface area contributed by atoms with E-state index in [1.807, 2.05) is 48.5 Å². The molecule has 20 heavy (non-hydrogen) atoms. The summed E-state index contributed by atoms with van der Waals surface area (Å²) < 4.78 is 18.6. The molecule has 3 nitrogen and oxygen atoms in total. The molecule has 2 aromatic carbocycles. The molecule has 1 atom stereocenters. The average molecular weight is 354 g/mol. The molecule has 0 aliphatic rings. The third-order valence-corrected chi connectivity index (χ3v) is 4.64. The van der Waals surface area contributed by atoms with E-state index in [4.69, 9.17) is 10.5 Å². The Bertz CT molecular complexity index is 569. The standard InChI is InChI=1S/C15H16BrNO2S/c16-13-3-7-15(8-4-13)20(18)10-9-19-14-5-1-12(11-17)2-6-14/h1-8H,9-11,17H2. The fourth-order valence-electron chi connectivity index (χ4n) is 1.66. The molecule has 106 valence electrons. The minimum Gasteiger partial charge on any atom is -0.493 e. The van der Waals surface area contributed by atoms with E-state index in [0.717, 1.165) is 20.7 Å². The van der Waals surface area contributed by atoms with E-state index in [-0.39, 0.29) is 0 Å².